The second-order valence-electron chi connectivity index (χ2n) is 6.84. The fourth-order valence-corrected chi connectivity index (χ4v) is 3.84. The van der Waals surface area contributed by atoms with E-state index in [4.69, 9.17) is 0 Å². The van der Waals surface area contributed by atoms with Crippen LogP contribution in [0.2, 0.25) is 0 Å². The van der Waals surface area contributed by atoms with Gasteiger partial charge in [0.25, 0.3) is 0 Å². The first-order valence-electron chi connectivity index (χ1n) is 8.83. The molecular formula is C21H24N2O. The van der Waals surface area contributed by atoms with Gasteiger partial charge in [-0.2, -0.15) is 0 Å². The molecule has 0 saturated heterocycles. The minimum Gasteiger partial charge on any atom is -0.395 e. The van der Waals surface area contributed by atoms with Gasteiger partial charge in [-0.15, -0.1) is 0 Å². The number of aliphatic hydroxyl groups excluding tert-OH is 1. The van der Waals surface area contributed by atoms with Gasteiger partial charge in [0.1, 0.15) is 0 Å². The minimum absolute atomic E-state index is 0.118. The molecule has 1 aliphatic carbocycles. The maximum atomic E-state index is 9.34. The number of aromatic amines is 1. The first-order chi connectivity index (χ1) is 11.8. The van der Waals surface area contributed by atoms with Crippen molar-refractivity contribution >= 4 is 10.9 Å². The normalized spacial score (nSPS) is 18.5. The molecule has 0 spiro atoms. The van der Waals surface area contributed by atoms with Crippen LogP contribution in [-0.2, 0) is 6.42 Å². The van der Waals surface area contributed by atoms with E-state index in [-0.39, 0.29) is 12.6 Å². The second-order valence-corrected chi connectivity index (χ2v) is 6.84. The zero-order valence-electron chi connectivity index (χ0n) is 14.0. The zero-order valence-corrected chi connectivity index (χ0v) is 14.0. The van der Waals surface area contributed by atoms with E-state index >= 15 is 0 Å². The second kappa shape index (κ2) is 6.42. The Morgan fingerprint density at radius 3 is 2.79 bits per heavy atom. The number of aliphatic hydroxyl groups is 1. The average molecular weight is 320 g/mol. The van der Waals surface area contributed by atoms with Crippen LogP contribution >= 0.6 is 0 Å². The highest BCUT2D eigenvalue weighted by Crippen LogP contribution is 2.36. The van der Waals surface area contributed by atoms with Crippen molar-refractivity contribution in [2.45, 2.75) is 38.3 Å². The molecule has 0 fully saturated rings. The number of nitrogens with one attached hydrogen (secondary N) is 2. The number of rotatable bonds is 4. The Bertz CT molecular complexity index is 838. The summed E-state index contributed by atoms with van der Waals surface area (Å²) in [5.74, 6) is 0. The smallest absolute Gasteiger partial charge is 0.0582 e. The summed E-state index contributed by atoms with van der Waals surface area (Å²) >= 11 is 0. The summed E-state index contributed by atoms with van der Waals surface area (Å²) in [6.07, 6.45) is 3.43. The lowest BCUT2D eigenvalue weighted by molar-refractivity contribution is 0.235. The van der Waals surface area contributed by atoms with E-state index in [0.29, 0.717) is 6.04 Å². The van der Waals surface area contributed by atoms with Gasteiger partial charge >= 0.3 is 0 Å². The van der Waals surface area contributed by atoms with Crippen LogP contribution in [0.5, 0.6) is 0 Å². The third kappa shape index (κ3) is 2.74. The third-order valence-electron chi connectivity index (χ3n) is 5.07. The Balaban J connectivity index is 1.76. The van der Waals surface area contributed by atoms with Crippen LogP contribution in [0, 0.1) is 0 Å². The van der Waals surface area contributed by atoms with Crippen molar-refractivity contribution in [2.75, 3.05) is 6.61 Å². The standard InChI is InChI=1S/C21H24N2O/c1-14(13-24)22-20-9-5-8-17-18-12-16(15-6-3-2-4-7-15)10-11-19(18)23-21(17)20/h2-4,6-7,10-12,14,20,22-24H,5,8-9,13H2,1H3/t14-,20+/m0/s1. The molecule has 3 N–H and O–H groups in total. The predicted molar refractivity (Wildman–Crippen MR) is 99.1 cm³/mol. The molecule has 2 atom stereocenters. The number of aromatic nitrogens is 1. The predicted octanol–water partition coefficient (Wildman–Crippen LogP) is 4.18. The molecule has 0 radical (unpaired) electrons. The molecule has 0 bridgehead atoms. The number of aryl methyl sites for hydroxylation is 1. The fraction of sp³-hybridized carbons (Fsp3) is 0.333. The molecule has 0 saturated carbocycles. The Morgan fingerprint density at radius 2 is 2.00 bits per heavy atom. The molecule has 3 nitrogen and oxygen atoms in total. The first kappa shape index (κ1) is 15.4. The van der Waals surface area contributed by atoms with E-state index in [1.54, 1.807) is 0 Å². The largest absolute Gasteiger partial charge is 0.395 e. The van der Waals surface area contributed by atoms with E-state index in [9.17, 15) is 5.11 Å². The molecular weight excluding hydrogens is 296 g/mol. The van der Waals surface area contributed by atoms with E-state index in [0.717, 1.165) is 12.8 Å². The summed E-state index contributed by atoms with van der Waals surface area (Å²) in [6.45, 7) is 2.20. The van der Waals surface area contributed by atoms with Crippen LogP contribution in [0.15, 0.2) is 48.5 Å². The lowest BCUT2D eigenvalue weighted by atomic mass is 9.90. The summed E-state index contributed by atoms with van der Waals surface area (Å²) < 4.78 is 0. The van der Waals surface area contributed by atoms with Gasteiger partial charge in [-0.3, -0.25) is 0 Å². The van der Waals surface area contributed by atoms with E-state index < -0.39 is 0 Å². The molecule has 24 heavy (non-hydrogen) atoms. The molecule has 1 heterocycles. The topological polar surface area (TPSA) is 48.0 Å². The SMILES string of the molecule is C[C@@H](CO)N[C@@H]1CCCc2c1[nH]c1ccc(-c3ccccc3)cc21. The van der Waals surface area contributed by atoms with E-state index in [2.05, 4.69) is 58.8 Å². The Hall–Kier alpha value is -2.10. The maximum absolute atomic E-state index is 9.34. The molecule has 3 aromatic rings. The van der Waals surface area contributed by atoms with Crippen LogP contribution in [-0.4, -0.2) is 22.7 Å². The molecule has 1 aliphatic rings. The van der Waals surface area contributed by atoms with Gasteiger partial charge < -0.3 is 15.4 Å². The van der Waals surface area contributed by atoms with Gasteiger partial charge in [0.2, 0.25) is 0 Å². The number of H-pyrrole nitrogens is 1. The molecule has 3 heteroatoms. The highest BCUT2D eigenvalue weighted by molar-refractivity contribution is 5.89. The van der Waals surface area contributed by atoms with Crippen LogP contribution in [0.1, 0.15) is 37.1 Å². The third-order valence-corrected chi connectivity index (χ3v) is 5.07. The molecule has 124 valence electrons. The number of benzene rings is 2. The van der Waals surface area contributed by atoms with Crippen LogP contribution in [0.3, 0.4) is 0 Å². The lowest BCUT2D eigenvalue weighted by Gasteiger charge is -2.26. The summed E-state index contributed by atoms with van der Waals surface area (Å²) in [7, 11) is 0. The Labute approximate surface area is 142 Å². The number of hydrogen-bond donors (Lipinski definition) is 3. The summed E-state index contributed by atoms with van der Waals surface area (Å²) in [5.41, 5.74) is 6.49. The van der Waals surface area contributed by atoms with Crippen molar-refractivity contribution in [3.05, 3.63) is 59.8 Å². The average Bonchev–Trinajstić information content (AvgIpc) is 3.01. The minimum atomic E-state index is 0.118. The van der Waals surface area contributed by atoms with Gasteiger partial charge in [0.15, 0.2) is 0 Å². The van der Waals surface area contributed by atoms with Crippen molar-refractivity contribution in [1.29, 1.82) is 0 Å². The maximum Gasteiger partial charge on any atom is 0.0582 e. The van der Waals surface area contributed by atoms with Gasteiger partial charge in [-0.25, -0.2) is 0 Å². The Kier molecular flexibility index (Phi) is 4.13. The number of hydrogen-bond acceptors (Lipinski definition) is 2. The van der Waals surface area contributed by atoms with Gasteiger partial charge in [-0.1, -0.05) is 36.4 Å². The van der Waals surface area contributed by atoms with Crippen molar-refractivity contribution < 1.29 is 5.11 Å². The molecule has 0 aliphatic heterocycles. The molecule has 1 aromatic heterocycles. The lowest BCUT2D eigenvalue weighted by Crippen LogP contribution is -2.35. The summed E-state index contributed by atoms with van der Waals surface area (Å²) in [6, 6.07) is 17.7. The summed E-state index contributed by atoms with van der Waals surface area (Å²) in [4.78, 5) is 3.63. The monoisotopic (exact) mass is 320 g/mol. The fourth-order valence-electron chi connectivity index (χ4n) is 3.84. The van der Waals surface area contributed by atoms with Crippen molar-refractivity contribution in [3.63, 3.8) is 0 Å². The zero-order chi connectivity index (χ0) is 16.5. The van der Waals surface area contributed by atoms with Crippen LogP contribution < -0.4 is 5.32 Å². The van der Waals surface area contributed by atoms with E-state index in [1.165, 1.54) is 39.7 Å². The molecule has 0 amide bonds. The Morgan fingerprint density at radius 1 is 1.17 bits per heavy atom. The van der Waals surface area contributed by atoms with Gasteiger partial charge in [-0.05, 0) is 55.0 Å². The van der Waals surface area contributed by atoms with Crippen LogP contribution in [0.4, 0.5) is 0 Å². The molecule has 4 rings (SSSR count). The van der Waals surface area contributed by atoms with E-state index in [1.807, 2.05) is 6.92 Å². The highest BCUT2D eigenvalue weighted by Gasteiger charge is 2.25. The van der Waals surface area contributed by atoms with Gasteiger partial charge in [0.05, 0.1) is 6.61 Å². The van der Waals surface area contributed by atoms with Gasteiger partial charge in [0, 0.05) is 28.7 Å². The van der Waals surface area contributed by atoms with Crippen molar-refractivity contribution in [2.24, 2.45) is 0 Å². The summed E-state index contributed by atoms with van der Waals surface area (Å²) in [5, 5.41) is 14.2. The quantitative estimate of drug-likeness (QED) is 0.675. The molecule has 2 aromatic carbocycles. The van der Waals surface area contributed by atoms with Crippen LogP contribution in [0.25, 0.3) is 22.0 Å². The highest BCUT2D eigenvalue weighted by atomic mass is 16.3. The number of fused-ring (bicyclic) bond motifs is 3. The molecule has 0 unspecified atom stereocenters. The van der Waals surface area contributed by atoms with Crippen molar-refractivity contribution in [3.8, 4) is 11.1 Å². The first-order valence-corrected chi connectivity index (χ1v) is 8.83. The van der Waals surface area contributed by atoms with Crippen molar-refractivity contribution in [1.82, 2.24) is 10.3 Å².